The van der Waals surface area contributed by atoms with Gasteiger partial charge in [-0.2, -0.15) is 0 Å². The fourth-order valence-corrected chi connectivity index (χ4v) is 3.32. The van der Waals surface area contributed by atoms with Crippen LogP contribution in [0.15, 0.2) is 42.5 Å². The van der Waals surface area contributed by atoms with E-state index in [1.54, 1.807) is 7.11 Å². The second-order valence-corrected chi connectivity index (χ2v) is 7.02. The van der Waals surface area contributed by atoms with Gasteiger partial charge in [0, 0.05) is 31.9 Å². The Hall–Kier alpha value is -2.89. The average Bonchev–Trinajstić information content (AvgIpc) is 2.73. The van der Waals surface area contributed by atoms with Crippen molar-refractivity contribution in [2.75, 3.05) is 51.3 Å². The van der Waals surface area contributed by atoms with Gasteiger partial charge in [-0.25, -0.2) is 4.79 Å². The number of amides is 2. The number of carbonyl (C=O) groups is 1. The Balaban J connectivity index is 1.39. The zero-order chi connectivity index (χ0) is 19.9. The number of ether oxygens (including phenoxy) is 2. The van der Waals surface area contributed by atoms with Crippen molar-refractivity contribution in [2.45, 2.75) is 13.8 Å². The molecule has 0 spiro atoms. The molecule has 2 aromatic carbocycles. The summed E-state index contributed by atoms with van der Waals surface area (Å²) in [6.45, 7) is 8.29. The molecule has 0 unspecified atom stereocenters. The van der Waals surface area contributed by atoms with Gasteiger partial charge >= 0.3 is 6.03 Å². The van der Waals surface area contributed by atoms with Crippen LogP contribution in [0.3, 0.4) is 0 Å². The standard InChI is InChI=1S/C22H29N3O3/c1-17-4-5-18(2)21(16-17)24-11-13-25(14-12-24)22(26)23-10-15-28-20-8-6-19(27-3)7-9-20/h4-9,16H,10-15H2,1-3H3,(H,23,26). The number of nitrogens with one attached hydrogen (secondary N) is 1. The van der Waals surface area contributed by atoms with Crippen molar-refractivity contribution in [2.24, 2.45) is 0 Å². The molecule has 3 rings (SSSR count). The van der Waals surface area contributed by atoms with Crippen molar-refractivity contribution in [3.63, 3.8) is 0 Å². The van der Waals surface area contributed by atoms with Crippen LogP contribution in [0, 0.1) is 13.8 Å². The van der Waals surface area contributed by atoms with E-state index in [2.05, 4.69) is 42.3 Å². The maximum absolute atomic E-state index is 12.4. The molecule has 0 aromatic heterocycles. The lowest BCUT2D eigenvalue weighted by molar-refractivity contribution is 0.191. The topological polar surface area (TPSA) is 54.0 Å². The van der Waals surface area contributed by atoms with Gasteiger partial charge in [-0.15, -0.1) is 0 Å². The highest BCUT2D eigenvalue weighted by Crippen LogP contribution is 2.22. The van der Waals surface area contributed by atoms with Crippen LogP contribution >= 0.6 is 0 Å². The average molecular weight is 383 g/mol. The smallest absolute Gasteiger partial charge is 0.317 e. The molecule has 1 N–H and O–H groups in total. The number of hydrogen-bond donors (Lipinski definition) is 1. The third-order valence-corrected chi connectivity index (χ3v) is 4.98. The fraction of sp³-hybridized carbons (Fsp3) is 0.409. The minimum Gasteiger partial charge on any atom is -0.497 e. The van der Waals surface area contributed by atoms with Crippen molar-refractivity contribution in [1.82, 2.24) is 10.2 Å². The van der Waals surface area contributed by atoms with Crippen molar-refractivity contribution >= 4 is 11.7 Å². The van der Waals surface area contributed by atoms with Crippen LogP contribution in [0.4, 0.5) is 10.5 Å². The Labute approximate surface area is 167 Å². The van der Waals surface area contributed by atoms with Gasteiger partial charge in [0.2, 0.25) is 0 Å². The number of nitrogens with zero attached hydrogens (tertiary/aromatic N) is 2. The quantitative estimate of drug-likeness (QED) is 0.778. The van der Waals surface area contributed by atoms with E-state index in [9.17, 15) is 4.79 Å². The second kappa shape index (κ2) is 9.35. The normalized spacial score (nSPS) is 14.0. The van der Waals surface area contributed by atoms with E-state index in [1.807, 2.05) is 29.2 Å². The Morgan fingerprint density at radius 2 is 1.68 bits per heavy atom. The summed E-state index contributed by atoms with van der Waals surface area (Å²) in [6, 6.07) is 13.9. The first-order valence-corrected chi connectivity index (χ1v) is 9.68. The van der Waals surface area contributed by atoms with Gasteiger partial charge in [0.25, 0.3) is 0 Å². The first-order chi connectivity index (χ1) is 13.6. The molecule has 1 aliphatic heterocycles. The molecule has 6 heteroatoms. The molecule has 1 saturated heterocycles. The molecule has 0 bridgehead atoms. The second-order valence-electron chi connectivity index (χ2n) is 7.02. The van der Waals surface area contributed by atoms with E-state index in [0.717, 1.165) is 37.7 Å². The molecule has 6 nitrogen and oxygen atoms in total. The van der Waals surface area contributed by atoms with Crippen molar-refractivity contribution in [3.8, 4) is 11.5 Å². The van der Waals surface area contributed by atoms with E-state index >= 15 is 0 Å². The lowest BCUT2D eigenvalue weighted by Gasteiger charge is -2.36. The van der Waals surface area contributed by atoms with Crippen molar-refractivity contribution in [1.29, 1.82) is 0 Å². The lowest BCUT2D eigenvalue weighted by Crippen LogP contribution is -2.52. The Kier molecular flexibility index (Phi) is 6.63. The Morgan fingerprint density at radius 3 is 2.36 bits per heavy atom. The first kappa shape index (κ1) is 19.9. The molecular formula is C22H29N3O3. The third kappa shape index (κ3) is 5.09. The van der Waals surface area contributed by atoms with Gasteiger partial charge in [0.1, 0.15) is 18.1 Å². The summed E-state index contributed by atoms with van der Waals surface area (Å²) in [5.41, 5.74) is 3.81. The van der Waals surface area contributed by atoms with Gasteiger partial charge < -0.3 is 24.6 Å². The Bertz CT molecular complexity index is 784. The molecule has 2 amide bonds. The highest BCUT2D eigenvalue weighted by Gasteiger charge is 2.21. The zero-order valence-corrected chi connectivity index (χ0v) is 16.9. The van der Waals surface area contributed by atoms with Gasteiger partial charge in [-0.3, -0.25) is 0 Å². The molecule has 0 radical (unpaired) electrons. The number of urea groups is 1. The summed E-state index contributed by atoms with van der Waals surface area (Å²) >= 11 is 0. The van der Waals surface area contributed by atoms with E-state index < -0.39 is 0 Å². The number of benzene rings is 2. The van der Waals surface area contributed by atoms with E-state index in [-0.39, 0.29) is 6.03 Å². The molecule has 1 aliphatic rings. The molecular weight excluding hydrogens is 354 g/mol. The third-order valence-electron chi connectivity index (χ3n) is 4.98. The number of piperazine rings is 1. The summed E-state index contributed by atoms with van der Waals surface area (Å²) in [6.07, 6.45) is 0. The lowest BCUT2D eigenvalue weighted by atomic mass is 10.1. The molecule has 0 saturated carbocycles. The van der Waals surface area contributed by atoms with Crippen molar-refractivity contribution < 1.29 is 14.3 Å². The molecule has 150 valence electrons. The van der Waals surface area contributed by atoms with E-state index in [1.165, 1.54) is 16.8 Å². The van der Waals surface area contributed by atoms with Crippen LogP contribution in [-0.2, 0) is 0 Å². The van der Waals surface area contributed by atoms with Crippen LogP contribution < -0.4 is 19.7 Å². The number of anilines is 1. The minimum absolute atomic E-state index is 0.0288. The summed E-state index contributed by atoms with van der Waals surface area (Å²) < 4.78 is 10.8. The van der Waals surface area contributed by atoms with Crippen LogP contribution in [0.5, 0.6) is 11.5 Å². The predicted molar refractivity (Wildman–Crippen MR) is 112 cm³/mol. The number of hydrogen-bond acceptors (Lipinski definition) is 4. The Morgan fingerprint density at radius 1 is 1.00 bits per heavy atom. The maximum Gasteiger partial charge on any atom is 0.317 e. The zero-order valence-electron chi connectivity index (χ0n) is 16.9. The van der Waals surface area contributed by atoms with Crippen LogP contribution in [0.25, 0.3) is 0 Å². The van der Waals surface area contributed by atoms with Crippen LogP contribution in [0.2, 0.25) is 0 Å². The molecule has 0 aliphatic carbocycles. The van der Waals surface area contributed by atoms with Gasteiger partial charge in [0.15, 0.2) is 0 Å². The van der Waals surface area contributed by atoms with Gasteiger partial charge in [0.05, 0.1) is 13.7 Å². The fourth-order valence-electron chi connectivity index (χ4n) is 3.32. The van der Waals surface area contributed by atoms with Crippen molar-refractivity contribution in [3.05, 3.63) is 53.6 Å². The molecule has 28 heavy (non-hydrogen) atoms. The number of carbonyl (C=O) groups excluding carboxylic acids is 1. The van der Waals surface area contributed by atoms with Gasteiger partial charge in [-0.1, -0.05) is 12.1 Å². The largest absolute Gasteiger partial charge is 0.497 e. The van der Waals surface area contributed by atoms with Gasteiger partial charge in [-0.05, 0) is 55.3 Å². The summed E-state index contributed by atoms with van der Waals surface area (Å²) in [4.78, 5) is 16.6. The number of methoxy groups -OCH3 is 1. The molecule has 0 atom stereocenters. The highest BCUT2D eigenvalue weighted by atomic mass is 16.5. The monoisotopic (exact) mass is 383 g/mol. The van der Waals surface area contributed by atoms with Crippen LogP contribution in [0.1, 0.15) is 11.1 Å². The van der Waals surface area contributed by atoms with Crippen LogP contribution in [-0.4, -0.2) is 57.4 Å². The highest BCUT2D eigenvalue weighted by molar-refractivity contribution is 5.74. The summed E-state index contributed by atoms with van der Waals surface area (Å²) in [7, 11) is 1.63. The summed E-state index contributed by atoms with van der Waals surface area (Å²) in [5.74, 6) is 1.55. The summed E-state index contributed by atoms with van der Waals surface area (Å²) in [5, 5.41) is 2.94. The molecule has 2 aromatic rings. The number of rotatable bonds is 6. The van der Waals surface area contributed by atoms with E-state index in [4.69, 9.17) is 9.47 Å². The maximum atomic E-state index is 12.4. The molecule has 1 heterocycles. The van der Waals surface area contributed by atoms with E-state index in [0.29, 0.717) is 13.2 Å². The predicted octanol–water partition coefficient (Wildman–Crippen LogP) is 3.22. The first-order valence-electron chi connectivity index (χ1n) is 9.68. The SMILES string of the molecule is COc1ccc(OCCNC(=O)N2CCN(c3cc(C)ccc3C)CC2)cc1. The number of aryl methyl sites for hydroxylation is 2. The minimum atomic E-state index is -0.0288. The molecule has 1 fully saturated rings.